The number of nitrogens with zero attached hydrogens (tertiary/aromatic N) is 4. The maximum atomic E-state index is 12.1. The molecule has 0 saturated heterocycles. The maximum absolute atomic E-state index is 12.1. The molecular formula is C10H14N6O2S. The van der Waals surface area contributed by atoms with Gasteiger partial charge in [-0.05, 0) is 12.1 Å². The van der Waals surface area contributed by atoms with Crippen LogP contribution >= 0.6 is 0 Å². The van der Waals surface area contributed by atoms with Crippen molar-refractivity contribution in [3.05, 3.63) is 30.5 Å². The van der Waals surface area contributed by atoms with E-state index in [0.29, 0.717) is 11.6 Å². The summed E-state index contributed by atoms with van der Waals surface area (Å²) in [6.45, 7) is 0.0290. The Morgan fingerprint density at radius 2 is 2.16 bits per heavy atom. The van der Waals surface area contributed by atoms with Crippen LogP contribution in [-0.4, -0.2) is 35.2 Å². The van der Waals surface area contributed by atoms with Crippen LogP contribution in [0.1, 0.15) is 5.82 Å². The van der Waals surface area contributed by atoms with Gasteiger partial charge in [0.05, 0.1) is 6.54 Å². The molecule has 0 aliphatic carbocycles. The number of rotatable bonds is 5. The zero-order valence-electron chi connectivity index (χ0n) is 10.5. The van der Waals surface area contributed by atoms with Gasteiger partial charge in [-0.3, -0.25) is 4.68 Å². The van der Waals surface area contributed by atoms with Gasteiger partial charge in [0.15, 0.2) is 5.82 Å². The highest BCUT2D eigenvalue weighted by Gasteiger charge is 2.19. The Hall–Kier alpha value is -2.00. The van der Waals surface area contributed by atoms with Crippen LogP contribution in [0.3, 0.4) is 0 Å². The first-order valence-electron chi connectivity index (χ1n) is 5.50. The van der Waals surface area contributed by atoms with Crippen molar-refractivity contribution in [1.82, 2.24) is 24.5 Å². The van der Waals surface area contributed by atoms with E-state index in [2.05, 4.69) is 25.1 Å². The molecule has 2 rings (SSSR count). The molecule has 8 nitrogen and oxygen atoms in total. The number of hydrogen-bond acceptors (Lipinski definition) is 6. The molecule has 0 radical (unpaired) electrons. The van der Waals surface area contributed by atoms with E-state index in [4.69, 9.17) is 0 Å². The van der Waals surface area contributed by atoms with Crippen molar-refractivity contribution in [2.75, 3.05) is 12.4 Å². The van der Waals surface area contributed by atoms with Gasteiger partial charge in [-0.2, -0.15) is 5.10 Å². The largest absolute Gasteiger partial charge is 0.372 e. The van der Waals surface area contributed by atoms with Crippen molar-refractivity contribution >= 4 is 15.8 Å². The van der Waals surface area contributed by atoms with E-state index >= 15 is 0 Å². The third-order valence-electron chi connectivity index (χ3n) is 2.36. The summed E-state index contributed by atoms with van der Waals surface area (Å²) in [6.07, 6.45) is 3.03. The fourth-order valence-corrected chi connectivity index (χ4v) is 2.64. The number of anilines is 1. The fraction of sp³-hybridized carbons (Fsp3) is 0.300. The van der Waals surface area contributed by atoms with Gasteiger partial charge in [-0.1, -0.05) is 0 Å². The normalized spacial score (nSPS) is 11.5. The summed E-state index contributed by atoms with van der Waals surface area (Å²) in [5.41, 5.74) is 0. The summed E-state index contributed by atoms with van der Waals surface area (Å²) in [5.74, 6) is 0.699. The van der Waals surface area contributed by atoms with Gasteiger partial charge < -0.3 is 5.32 Å². The topological polar surface area (TPSA) is 102 Å². The van der Waals surface area contributed by atoms with Crippen molar-refractivity contribution in [3.63, 3.8) is 0 Å². The lowest BCUT2D eigenvalue weighted by molar-refractivity contribution is 0.578. The minimum Gasteiger partial charge on any atom is -0.372 e. The fourth-order valence-electron chi connectivity index (χ4n) is 1.50. The number of aryl methyl sites for hydroxylation is 1. The van der Waals surface area contributed by atoms with E-state index in [0.717, 1.165) is 0 Å². The van der Waals surface area contributed by atoms with Crippen molar-refractivity contribution in [2.24, 2.45) is 7.05 Å². The lowest BCUT2D eigenvalue weighted by atomic mass is 10.5. The molecule has 0 aliphatic rings. The molecule has 2 aromatic rings. The highest BCUT2D eigenvalue weighted by molar-refractivity contribution is 7.89. The average Bonchev–Trinajstić information content (AvgIpc) is 2.82. The Morgan fingerprint density at radius 1 is 1.37 bits per heavy atom. The summed E-state index contributed by atoms with van der Waals surface area (Å²) in [6, 6.07) is 3.04. The maximum Gasteiger partial charge on any atom is 0.244 e. The standard InChI is InChI=1S/C10H14N6O2S/c1-11-10-8(4-3-5-12-10)19(17,18)14-6-9-13-7-16(2)15-9/h3-5,7,14H,6H2,1-2H3,(H,11,12). The first-order chi connectivity index (χ1) is 9.03. The van der Waals surface area contributed by atoms with Gasteiger partial charge >= 0.3 is 0 Å². The third-order valence-corrected chi connectivity index (χ3v) is 3.80. The van der Waals surface area contributed by atoms with E-state index in [9.17, 15) is 8.42 Å². The molecule has 2 aromatic heterocycles. The number of pyridine rings is 1. The molecule has 2 N–H and O–H groups in total. The van der Waals surface area contributed by atoms with Crippen molar-refractivity contribution in [3.8, 4) is 0 Å². The zero-order chi connectivity index (χ0) is 13.9. The minimum absolute atomic E-state index is 0.0290. The second-order valence-corrected chi connectivity index (χ2v) is 5.49. The predicted octanol–water partition coefficient (Wildman–Crippen LogP) is -0.270. The van der Waals surface area contributed by atoms with Crippen LogP contribution in [-0.2, 0) is 23.6 Å². The Bertz CT molecular complexity index is 666. The van der Waals surface area contributed by atoms with Crippen LogP contribution in [0.15, 0.2) is 29.6 Å². The smallest absolute Gasteiger partial charge is 0.244 e. The lowest BCUT2D eigenvalue weighted by Gasteiger charge is -2.08. The Balaban J connectivity index is 2.18. The molecule has 19 heavy (non-hydrogen) atoms. The molecule has 102 valence electrons. The molecule has 0 unspecified atom stereocenters. The summed E-state index contributed by atoms with van der Waals surface area (Å²) in [5, 5.41) is 6.74. The SMILES string of the molecule is CNc1ncccc1S(=O)(=O)NCc1ncn(C)n1. The Labute approximate surface area is 110 Å². The van der Waals surface area contributed by atoms with Crippen LogP contribution in [0.2, 0.25) is 0 Å². The van der Waals surface area contributed by atoms with Gasteiger partial charge in [0.2, 0.25) is 10.0 Å². The molecule has 0 aliphatic heterocycles. The van der Waals surface area contributed by atoms with E-state index in [-0.39, 0.29) is 11.4 Å². The highest BCUT2D eigenvalue weighted by atomic mass is 32.2. The molecule has 0 fully saturated rings. The van der Waals surface area contributed by atoms with E-state index in [1.54, 1.807) is 20.2 Å². The zero-order valence-corrected chi connectivity index (χ0v) is 11.3. The average molecular weight is 282 g/mol. The highest BCUT2D eigenvalue weighted by Crippen LogP contribution is 2.17. The van der Waals surface area contributed by atoms with Crippen LogP contribution in [0.25, 0.3) is 0 Å². The summed E-state index contributed by atoms with van der Waals surface area (Å²) in [4.78, 5) is 8.00. The van der Waals surface area contributed by atoms with Crippen LogP contribution in [0, 0.1) is 0 Å². The second kappa shape index (κ2) is 5.33. The van der Waals surface area contributed by atoms with Crippen molar-refractivity contribution < 1.29 is 8.42 Å². The third kappa shape index (κ3) is 3.06. The molecule has 9 heteroatoms. The quantitative estimate of drug-likeness (QED) is 0.782. The van der Waals surface area contributed by atoms with Crippen molar-refractivity contribution in [2.45, 2.75) is 11.4 Å². The molecule has 0 amide bonds. The molecule has 2 heterocycles. The summed E-state index contributed by atoms with van der Waals surface area (Å²) < 4.78 is 28.2. The molecular weight excluding hydrogens is 268 g/mol. The van der Waals surface area contributed by atoms with Crippen LogP contribution in [0.5, 0.6) is 0 Å². The summed E-state index contributed by atoms with van der Waals surface area (Å²) >= 11 is 0. The number of nitrogens with one attached hydrogen (secondary N) is 2. The predicted molar refractivity (Wildman–Crippen MR) is 68.8 cm³/mol. The molecule has 0 saturated carbocycles. The first kappa shape index (κ1) is 13.4. The lowest BCUT2D eigenvalue weighted by Crippen LogP contribution is -2.25. The monoisotopic (exact) mass is 282 g/mol. The van der Waals surface area contributed by atoms with E-state index in [1.807, 2.05) is 0 Å². The van der Waals surface area contributed by atoms with Gasteiger partial charge in [0.1, 0.15) is 17.0 Å². The Kier molecular flexibility index (Phi) is 3.76. The van der Waals surface area contributed by atoms with E-state index in [1.165, 1.54) is 23.3 Å². The number of aromatic nitrogens is 4. The Morgan fingerprint density at radius 3 is 2.79 bits per heavy atom. The van der Waals surface area contributed by atoms with Gasteiger partial charge in [0.25, 0.3) is 0 Å². The van der Waals surface area contributed by atoms with Crippen LogP contribution in [0.4, 0.5) is 5.82 Å². The molecule has 0 bridgehead atoms. The van der Waals surface area contributed by atoms with E-state index < -0.39 is 10.0 Å². The number of hydrogen-bond donors (Lipinski definition) is 2. The summed E-state index contributed by atoms with van der Waals surface area (Å²) in [7, 11) is -0.330. The second-order valence-electron chi connectivity index (χ2n) is 3.76. The van der Waals surface area contributed by atoms with Crippen LogP contribution < -0.4 is 10.0 Å². The van der Waals surface area contributed by atoms with Crippen molar-refractivity contribution in [1.29, 1.82) is 0 Å². The first-order valence-corrected chi connectivity index (χ1v) is 6.98. The van der Waals surface area contributed by atoms with Gasteiger partial charge in [0, 0.05) is 20.3 Å². The van der Waals surface area contributed by atoms with Gasteiger partial charge in [-0.15, -0.1) is 0 Å². The molecule has 0 aromatic carbocycles. The molecule has 0 atom stereocenters. The van der Waals surface area contributed by atoms with Gasteiger partial charge in [-0.25, -0.2) is 23.1 Å². The molecule has 0 spiro atoms. The minimum atomic E-state index is -3.66. The number of sulfonamides is 1.